The van der Waals surface area contributed by atoms with Gasteiger partial charge in [-0.05, 0) is 52.9 Å². The molecule has 0 radical (unpaired) electrons. The van der Waals surface area contributed by atoms with E-state index in [-0.39, 0.29) is 5.92 Å². The summed E-state index contributed by atoms with van der Waals surface area (Å²) >= 11 is 0. The van der Waals surface area contributed by atoms with Gasteiger partial charge in [-0.25, -0.2) is 4.79 Å². The van der Waals surface area contributed by atoms with Gasteiger partial charge in [0, 0.05) is 24.8 Å². The molecule has 0 unspecified atom stereocenters. The maximum absolute atomic E-state index is 12.2. The minimum Gasteiger partial charge on any atom is -0.491 e. The van der Waals surface area contributed by atoms with E-state index in [2.05, 4.69) is 29.6 Å². The minimum atomic E-state index is -0.412. The number of anilines is 1. The van der Waals surface area contributed by atoms with Crippen LogP contribution in [0.2, 0.25) is 0 Å². The standard InChI is InChI=1S/C34H44N2O8/c35-27-10-12-28(13-11-27)43-25-24-42-23-22-41-21-20-40-19-18-39-17-16-38-15-5-14-36-34(37)44-26-33-31-8-3-1-6-29(31)30-7-2-4-9-32(30)33/h1-4,6-13,33H,5,14-26,35H2,(H,36,37). The smallest absolute Gasteiger partial charge is 0.407 e. The SMILES string of the molecule is Nc1ccc(OCCOCCOCCOCCOCCOCCCNC(=O)OCC2c3ccccc3-c3ccccc32)cc1. The summed E-state index contributed by atoms with van der Waals surface area (Å²) < 4.78 is 38.6. The van der Waals surface area contributed by atoms with E-state index in [9.17, 15) is 4.79 Å². The fourth-order valence-corrected chi connectivity index (χ4v) is 4.78. The van der Waals surface area contributed by atoms with Crippen LogP contribution in [0, 0.1) is 0 Å². The first kappa shape index (κ1) is 33.2. The van der Waals surface area contributed by atoms with Crippen molar-refractivity contribution >= 4 is 11.8 Å². The molecule has 0 saturated heterocycles. The van der Waals surface area contributed by atoms with Gasteiger partial charge in [0.25, 0.3) is 0 Å². The molecule has 238 valence electrons. The van der Waals surface area contributed by atoms with Crippen LogP contribution in [0.5, 0.6) is 5.75 Å². The number of nitrogens with one attached hydrogen (secondary N) is 1. The molecule has 3 aromatic rings. The second-order valence-electron chi connectivity index (χ2n) is 10.1. The first-order valence-corrected chi connectivity index (χ1v) is 15.2. The molecule has 3 N–H and O–H groups in total. The number of benzene rings is 3. The summed E-state index contributed by atoms with van der Waals surface area (Å²) in [5.74, 6) is 0.824. The molecule has 3 aromatic carbocycles. The molecule has 0 aliphatic heterocycles. The van der Waals surface area contributed by atoms with Crippen molar-refractivity contribution in [2.75, 3.05) is 91.6 Å². The normalized spacial score (nSPS) is 12.1. The van der Waals surface area contributed by atoms with Crippen molar-refractivity contribution in [1.29, 1.82) is 0 Å². The number of hydrogen-bond acceptors (Lipinski definition) is 9. The van der Waals surface area contributed by atoms with E-state index in [0.717, 1.165) is 5.75 Å². The van der Waals surface area contributed by atoms with Gasteiger partial charge in [-0.3, -0.25) is 0 Å². The predicted octanol–water partition coefficient (Wildman–Crippen LogP) is 4.66. The van der Waals surface area contributed by atoms with Gasteiger partial charge in [-0.1, -0.05) is 48.5 Å². The fourth-order valence-electron chi connectivity index (χ4n) is 4.78. The lowest BCUT2D eigenvalue weighted by atomic mass is 9.98. The molecule has 0 fully saturated rings. The summed E-state index contributed by atoms with van der Waals surface area (Å²) in [6, 6.07) is 23.8. The third kappa shape index (κ3) is 11.4. The topological polar surface area (TPSA) is 120 Å². The summed E-state index contributed by atoms with van der Waals surface area (Å²) in [6.45, 7) is 6.23. The van der Waals surface area contributed by atoms with Gasteiger partial charge in [0.15, 0.2) is 0 Å². The van der Waals surface area contributed by atoms with Crippen LogP contribution >= 0.6 is 0 Å². The molecule has 1 aliphatic rings. The van der Waals surface area contributed by atoms with E-state index in [1.807, 2.05) is 36.4 Å². The van der Waals surface area contributed by atoms with Crippen molar-refractivity contribution in [2.45, 2.75) is 12.3 Å². The van der Waals surface area contributed by atoms with Crippen molar-refractivity contribution in [3.05, 3.63) is 83.9 Å². The van der Waals surface area contributed by atoms with Crippen LogP contribution in [0.1, 0.15) is 23.5 Å². The van der Waals surface area contributed by atoms with Crippen LogP contribution in [0.3, 0.4) is 0 Å². The average Bonchev–Trinajstić information content (AvgIpc) is 3.37. The van der Waals surface area contributed by atoms with Crippen molar-refractivity contribution in [3.8, 4) is 16.9 Å². The lowest BCUT2D eigenvalue weighted by Gasteiger charge is -2.14. The Balaban J connectivity index is 0.876. The summed E-state index contributed by atoms with van der Waals surface area (Å²) in [5.41, 5.74) is 11.2. The number of nitrogens with two attached hydrogens (primary N) is 1. The third-order valence-electron chi connectivity index (χ3n) is 6.94. The van der Waals surface area contributed by atoms with Gasteiger partial charge in [-0.2, -0.15) is 0 Å². The fraction of sp³-hybridized carbons (Fsp3) is 0.441. The van der Waals surface area contributed by atoms with E-state index in [1.165, 1.54) is 22.3 Å². The second kappa shape index (κ2) is 19.6. The van der Waals surface area contributed by atoms with Gasteiger partial charge in [-0.15, -0.1) is 0 Å². The number of ether oxygens (including phenoxy) is 7. The van der Waals surface area contributed by atoms with E-state index >= 15 is 0 Å². The number of amides is 1. The third-order valence-corrected chi connectivity index (χ3v) is 6.94. The Morgan fingerprint density at radius 1 is 0.614 bits per heavy atom. The number of carbonyl (C=O) groups is 1. The molecular formula is C34H44N2O8. The summed E-state index contributed by atoms with van der Waals surface area (Å²) in [6.07, 6.45) is 0.279. The Morgan fingerprint density at radius 3 is 1.64 bits per heavy atom. The van der Waals surface area contributed by atoms with Crippen molar-refractivity contribution in [1.82, 2.24) is 5.32 Å². The largest absolute Gasteiger partial charge is 0.491 e. The Labute approximate surface area is 259 Å². The zero-order valence-corrected chi connectivity index (χ0v) is 25.2. The van der Waals surface area contributed by atoms with Crippen molar-refractivity contribution in [2.24, 2.45) is 0 Å². The molecule has 4 rings (SSSR count). The van der Waals surface area contributed by atoms with Crippen LogP contribution < -0.4 is 15.8 Å². The first-order valence-electron chi connectivity index (χ1n) is 15.2. The van der Waals surface area contributed by atoms with Crippen molar-refractivity contribution < 1.29 is 38.0 Å². The quantitative estimate of drug-likeness (QED) is 0.124. The Hall–Kier alpha value is -3.67. The molecule has 44 heavy (non-hydrogen) atoms. The monoisotopic (exact) mass is 608 g/mol. The molecule has 0 spiro atoms. The predicted molar refractivity (Wildman–Crippen MR) is 168 cm³/mol. The zero-order valence-electron chi connectivity index (χ0n) is 25.2. The number of rotatable bonds is 22. The Bertz CT molecular complexity index is 1190. The van der Waals surface area contributed by atoms with Crippen LogP contribution in [-0.2, 0) is 28.4 Å². The number of nitrogen functional groups attached to an aromatic ring is 1. The first-order chi connectivity index (χ1) is 21.7. The summed E-state index contributed by atoms with van der Waals surface area (Å²) in [4.78, 5) is 12.2. The highest BCUT2D eigenvalue weighted by Crippen LogP contribution is 2.44. The maximum atomic E-state index is 12.2. The second-order valence-corrected chi connectivity index (χ2v) is 10.1. The molecule has 0 atom stereocenters. The number of hydrogen-bond donors (Lipinski definition) is 2. The van der Waals surface area contributed by atoms with Crippen LogP contribution in [0.4, 0.5) is 10.5 Å². The number of alkyl carbamates (subject to hydrolysis) is 1. The average molecular weight is 609 g/mol. The number of carbonyl (C=O) groups excluding carboxylic acids is 1. The van der Waals surface area contributed by atoms with Crippen LogP contribution in [-0.4, -0.2) is 91.9 Å². The maximum Gasteiger partial charge on any atom is 0.407 e. The van der Waals surface area contributed by atoms with Crippen LogP contribution in [0.15, 0.2) is 72.8 Å². The highest BCUT2D eigenvalue weighted by molar-refractivity contribution is 5.79. The molecule has 1 aliphatic carbocycles. The van der Waals surface area contributed by atoms with Crippen LogP contribution in [0.25, 0.3) is 11.1 Å². The van der Waals surface area contributed by atoms with Gasteiger partial charge in [0.05, 0.1) is 59.5 Å². The van der Waals surface area contributed by atoms with Gasteiger partial charge in [0.1, 0.15) is 19.0 Å². The Morgan fingerprint density at radius 2 is 1.09 bits per heavy atom. The highest BCUT2D eigenvalue weighted by Gasteiger charge is 2.28. The van der Waals surface area contributed by atoms with E-state index in [4.69, 9.17) is 38.9 Å². The lowest BCUT2D eigenvalue weighted by Crippen LogP contribution is -2.27. The highest BCUT2D eigenvalue weighted by atomic mass is 16.6. The molecule has 0 bridgehead atoms. The lowest BCUT2D eigenvalue weighted by molar-refractivity contribution is -0.0127. The molecule has 0 saturated carbocycles. The Kier molecular flexibility index (Phi) is 14.8. The van der Waals surface area contributed by atoms with Gasteiger partial charge >= 0.3 is 6.09 Å². The molecule has 1 amide bonds. The number of fused-ring (bicyclic) bond motifs is 3. The molecule has 0 aromatic heterocycles. The van der Waals surface area contributed by atoms with Crippen molar-refractivity contribution in [3.63, 3.8) is 0 Å². The molecular weight excluding hydrogens is 564 g/mol. The summed E-state index contributed by atoms with van der Waals surface area (Å²) in [5, 5.41) is 2.80. The molecule has 10 heteroatoms. The van der Waals surface area contributed by atoms with E-state index < -0.39 is 6.09 Å². The van der Waals surface area contributed by atoms with E-state index in [0.29, 0.717) is 97.9 Å². The minimum absolute atomic E-state index is 0.0549. The van der Waals surface area contributed by atoms with Gasteiger partial charge in [0.2, 0.25) is 0 Å². The van der Waals surface area contributed by atoms with Gasteiger partial charge < -0.3 is 44.2 Å². The molecule has 0 heterocycles. The zero-order chi connectivity index (χ0) is 30.7. The van der Waals surface area contributed by atoms with E-state index in [1.54, 1.807) is 12.1 Å². The molecule has 10 nitrogen and oxygen atoms in total. The summed E-state index contributed by atoms with van der Waals surface area (Å²) in [7, 11) is 0.